The highest BCUT2D eigenvalue weighted by molar-refractivity contribution is 6.35. The van der Waals surface area contributed by atoms with Gasteiger partial charge in [-0.2, -0.15) is 5.10 Å². The van der Waals surface area contributed by atoms with Crippen LogP contribution in [0.25, 0.3) is 0 Å². The normalized spacial score (nSPS) is 18.5. The number of benzene rings is 2. The Morgan fingerprint density at radius 3 is 2.54 bits per heavy atom. The number of nitrogens with one attached hydrogen (secondary N) is 1. The van der Waals surface area contributed by atoms with Crippen LogP contribution in [0.5, 0.6) is 0 Å². The predicted octanol–water partition coefficient (Wildman–Crippen LogP) is 4.98. The van der Waals surface area contributed by atoms with Gasteiger partial charge in [0.15, 0.2) is 5.82 Å². The summed E-state index contributed by atoms with van der Waals surface area (Å²) in [6.07, 6.45) is 2.68. The van der Waals surface area contributed by atoms with Gasteiger partial charge in [0, 0.05) is 33.8 Å². The molecule has 132 valence electrons. The summed E-state index contributed by atoms with van der Waals surface area (Å²) in [7, 11) is 0. The van der Waals surface area contributed by atoms with Gasteiger partial charge in [0.05, 0.1) is 6.54 Å². The first-order valence-electron chi connectivity index (χ1n) is 8.44. The highest BCUT2D eigenvalue weighted by Crippen LogP contribution is 2.47. The van der Waals surface area contributed by atoms with Gasteiger partial charge in [0.2, 0.25) is 5.91 Å². The number of carbonyl (C=O) groups is 1. The minimum Gasteiger partial charge on any atom is -0.309 e. The van der Waals surface area contributed by atoms with Crippen LogP contribution in [-0.4, -0.2) is 15.7 Å². The van der Waals surface area contributed by atoms with Crippen molar-refractivity contribution in [3.8, 4) is 0 Å². The van der Waals surface area contributed by atoms with Crippen LogP contribution in [0.1, 0.15) is 23.5 Å². The number of halogens is 2. The van der Waals surface area contributed by atoms with Crippen LogP contribution in [-0.2, 0) is 11.3 Å². The molecule has 1 aromatic heterocycles. The van der Waals surface area contributed by atoms with E-state index in [2.05, 4.69) is 22.5 Å². The van der Waals surface area contributed by atoms with Gasteiger partial charge < -0.3 is 5.32 Å². The van der Waals surface area contributed by atoms with Gasteiger partial charge in [-0.25, -0.2) is 0 Å². The maximum absolute atomic E-state index is 12.4. The van der Waals surface area contributed by atoms with E-state index < -0.39 is 0 Å². The molecule has 1 saturated carbocycles. The number of rotatable bonds is 5. The third kappa shape index (κ3) is 3.62. The van der Waals surface area contributed by atoms with Crippen molar-refractivity contribution in [1.82, 2.24) is 9.78 Å². The Balaban J connectivity index is 1.39. The van der Waals surface area contributed by atoms with Crippen LogP contribution in [0.3, 0.4) is 0 Å². The molecular weight excluding hydrogens is 369 g/mol. The topological polar surface area (TPSA) is 46.9 Å². The van der Waals surface area contributed by atoms with Crippen molar-refractivity contribution in [3.63, 3.8) is 0 Å². The second kappa shape index (κ2) is 7.14. The number of carbonyl (C=O) groups excluding carboxylic acids is 1. The van der Waals surface area contributed by atoms with E-state index in [0.29, 0.717) is 28.3 Å². The first-order chi connectivity index (χ1) is 12.6. The molecule has 1 aliphatic carbocycles. The summed E-state index contributed by atoms with van der Waals surface area (Å²) in [5.74, 6) is 0.873. The molecule has 26 heavy (non-hydrogen) atoms. The Morgan fingerprint density at radius 2 is 1.81 bits per heavy atom. The quantitative estimate of drug-likeness (QED) is 0.672. The van der Waals surface area contributed by atoms with E-state index in [-0.39, 0.29) is 11.8 Å². The molecule has 2 unspecified atom stereocenters. The van der Waals surface area contributed by atoms with Crippen LogP contribution in [0.2, 0.25) is 10.0 Å². The second-order valence-corrected chi connectivity index (χ2v) is 7.26. The smallest absolute Gasteiger partial charge is 0.229 e. The molecule has 0 aliphatic heterocycles. The Morgan fingerprint density at radius 1 is 1.08 bits per heavy atom. The van der Waals surface area contributed by atoms with Crippen molar-refractivity contribution < 1.29 is 4.79 Å². The highest BCUT2D eigenvalue weighted by Gasteiger charge is 2.43. The van der Waals surface area contributed by atoms with Crippen LogP contribution in [0.15, 0.2) is 60.8 Å². The molecule has 1 amide bonds. The molecule has 1 N–H and O–H groups in total. The summed E-state index contributed by atoms with van der Waals surface area (Å²) in [6.45, 7) is 0.449. The largest absolute Gasteiger partial charge is 0.309 e. The van der Waals surface area contributed by atoms with Crippen molar-refractivity contribution in [1.29, 1.82) is 0 Å². The van der Waals surface area contributed by atoms with Gasteiger partial charge in [-0.05, 0) is 30.0 Å². The summed E-state index contributed by atoms with van der Waals surface area (Å²) < 4.78 is 1.71. The molecule has 1 aliphatic rings. The zero-order valence-electron chi connectivity index (χ0n) is 13.9. The number of amides is 1. The van der Waals surface area contributed by atoms with E-state index in [9.17, 15) is 4.79 Å². The molecule has 3 aromatic rings. The van der Waals surface area contributed by atoms with Gasteiger partial charge in [0.25, 0.3) is 0 Å². The van der Waals surface area contributed by atoms with Crippen molar-refractivity contribution in [2.45, 2.75) is 18.9 Å². The molecule has 4 rings (SSSR count). The molecule has 4 nitrogen and oxygen atoms in total. The number of hydrogen-bond donors (Lipinski definition) is 1. The maximum Gasteiger partial charge on any atom is 0.229 e. The van der Waals surface area contributed by atoms with E-state index >= 15 is 0 Å². The summed E-state index contributed by atoms with van der Waals surface area (Å²) >= 11 is 12.4. The first-order valence-corrected chi connectivity index (χ1v) is 9.19. The van der Waals surface area contributed by atoms with Gasteiger partial charge in [-0.3, -0.25) is 9.48 Å². The molecule has 1 heterocycles. The van der Waals surface area contributed by atoms with Crippen molar-refractivity contribution in [2.75, 3.05) is 5.32 Å². The van der Waals surface area contributed by atoms with Crippen molar-refractivity contribution in [2.24, 2.45) is 5.92 Å². The van der Waals surface area contributed by atoms with Crippen molar-refractivity contribution >= 4 is 34.9 Å². The lowest BCUT2D eigenvalue weighted by atomic mass is 10.1. The molecule has 1 fully saturated rings. The third-order valence-corrected chi connectivity index (χ3v) is 5.34. The Labute approximate surface area is 161 Å². The minimum atomic E-state index is 0.0138. The minimum absolute atomic E-state index is 0.0138. The lowest BCUT2D eigenvalue weighted by molar-refractivity contribution is -0.117. The fourth-order valence-electron chi connectivity index (χ4n) is 3.13. The molecule has 0 radical (unpaired) electrons. The van der Waals surface area contributed by atoms with E-state index in [1.54, 1.807) is 29.1 Å². The van der Waals surface area contributed by atoms with Crippen LogP contribution < -0.4 is 5.32 Å². The lowest BCUT2D eigenvalue weighted by Gasteiger charge is -2.07. The first kappa shape index (κ1) is 17.1. The fourth-order valence-corrected chi connectivity index (χ4v) is 3.65. The van der Waals surface area contributed by atoms with Gasteiger partial charge in [0.1, 0.15) is 0 Å². The van der Waals surface area contributed by atoms with Crippen molar-refractivity contribution in [3.05, 3.63) is 82.0 Å². The summed E-state index contributed by atoms with van der Waals surface area (Å²) in [4.78, 5) is 12.4. The summed E-state index contributed by atoms with van der Waals surface area (Å²) in [5.41, 5.74) is 2.02. The summed E-state index contributed by atoms with van der Waals surface area (Å²) in [5, 5.41) is 8.50. The summed E-state index contributed by atoms with van der Waals surface area (Å²) in [6, 6.07) is 17.3. The van der Waals surface area contributed by atoms with E-state index in [4.69, 9.17) is 23.2 Å². The molecular formula is C20H17Cl2N3O. The fraction of sp³-hybridized carbons (Fsp3) is 0.200. The maximum atomic E-state index is 12.4. The molecule has 0 bridgehead atoms. The van der Waals surface area contributed by atoms with Gasteiger partial charge >= 0.3 is 0 Å². The van der Waals surface area contributed by atoms with Gasteiger partial charge in [-0.15, -0.1) is 0 Å². The highest BCUT2D eigenvalue weighted by atomic mass is 35.5. The van der Waals surface area contributed by atoms with Crippen LogP contribution >= 0.6 is 23.2 Å². The molecule has 2 aromatic carbocycles. The molecule has 2 atom stereocenters. The second-order valence-electron chi connectivity index (χ2n) is 6.45. The van der Waals surface area contributed by atoms with Crippen LogP contribution in [0.4, 0.5) is 5.82 Å². The Hall–Kier alpha value is -2.30. The van der Waals surface area contributed by atoms with E-state index in [1.165, 1.54) is 5.56 Å². The zero-order chi connectivity index (χ0) is 18.1. The lowest BCUT2D eigenvalue weighted by Crippen LogP contribution is -2.15. The monoisotopic (exact) mass is 385 g/mol. The SMILES string of the molecule is O=C(Nc1ccn(Cc2c(Cl)cccc2Cl)n1)C1CC1c1ccccc1. The standard InChI is InChI=1S/C20H17Cl2N3O/c21-17-7-4-8-18(22)16(17)12-25-10-9-19(24-25)23-20(26)15-11-14(15)13-5-2-1-3-6-13/h1-10,14-15H,11-12H2,(H,23,24,26). The Bertz CT molecular complexity index is 919. The molecule has 0 saturated heterocycles. The average molecular weight is 386 g/mol. The predicted molar refractivity (Wildman–Crippen MR) is 104 cm³/mol. The Kier molecular flexibility index (Phi) is 4.70. The van der Waals surface area contributed by atoms with E-state index in [1.807, 2.05) is 24.3 Å². The van der Waals surface area contributed by atoms with E-state index in [0.717, 1.165) is 12.0 Å². The van der Waals surface area contributed by atoms with Gasteiger partial charge in [-0.1, -0.05) is 59.6 Å². The number of aromatic nitrogens is 2. The molecule has 6 heteroatoms. The number of nitrogens with zero attached hydrogens (tertiary/aromatic N) is 2. The number of anilines is 1. The average Bonchev–Trinajstić information content (AvgIpc) is 3.33. The molecule has 0 spiro atoms. The van der Waals surface area contributed by atoms with Crippen LogP contribution in [0, 0.1) is 5.92 Å². The third-order valence-electron chi connectivity index (χ3n) is 4.63. The number of hydrogen-bond acceptors (Lipinski definition) is 2. The zero-order valence-corrected chi connectivity index (χ0v) is 15.4.